The van der Waals surface area contributed by atoms with Gasteiger partial charge in [-0.2, -0.15) is 0 Å². The summed E-state index contributed by atoms with van der Waals surface area (Å²) in [7, 11) is 0. The summed E-state index contributed by atoms with van der Waals surface area (Å²) in [5.74, 6) is -0.0957. The van der Waals surface area contributed by atoms with E-state index >= 15 is 0 Å². The van der Waals surface area contributed by atoms with E-state index in [1.807, 2.05) is 0 Å². The molecule has 0 spiro atoms. The number of carbonyl (C=O) groups excluding carboxylic acids is 2. The lowest BCUT2D eigenvalue weighted by molar-refractivity contribution is -0.142. The third-order valence-corrected chi connectivity index (χ3v) is 6.69. The predicted octanol–water partition coefficient (Wildman–Crippen LogP) is 5.89. The van der Waals surface area contributed by atoms with E-state index in [4.69, 9.17) is 39.5 Å². The average molecular weight is 498 g/mol. The van der Waals surface area contributed by atoms with E-state index in [1.165, 1.54) is 11.3 Å². The van der Waals surface area contributed by atoms with Gasteiger partial charge in [-0.25, -0.2) is 0 Å². The molecule has 1 aliphatic rings. The molecule has 172 valence electrons. The molecule has 2 aromatic carbocycles. The summed E-state index contributed by atoms with van der Waals surface area (Å²) < 4.78 is 5.64. The van der Waals surface area contributed by atoms with Crippen LogP contribution < -0.4 is 10.1 Å². The molecule has 5 nitrogen and oxygen atoms in total. The molecule has 0 radical (unpaired) electrons. The Balaban J connectivity index is 1.74. The second-order valence-corrected chi connectivity index (χ2v) is 9.23. The molecule has 0 heterocycles. The largest absolute Gasteiger partial charge is 0.482 e. The Labute approximate surface area is 204 Å². The lowest BCUT2D eigenvalue weighted by Gasteiger charge is -2.31. The maximum atomic E-state index is 13.1. The van der Waals surface area contributed by atoms with E-state index in [1.54, 1.807) is 49.4 Å². The molecule has 8 heteroatoms. The third-order valence-electron chi connectivity index (χ3n) is 5.64. The number of benzene rings is 2. The van der Waals surface area contributed by atoms with Crippen molar-refractivity contribution >= 4 is 46.6 Å². The number of ether oxygens (including phenoxy) is 1. The fourth-order valence-corrected chi connectivity index (χ4v) is 4.28. The van der Waals surface area contributed by atoms with Gasteiger partial charge in [-0.05, 0) is 49.6 Å². The molecule has 1 unspecified atom stereocenters. The van der Waals surface area contributed by atoms with Crippen molar-refractivity contribution < 1.29 is 14.3 Å². The highest BCUT2D eigenvalue weighted by atomic mass is 35.5. The van der Waals surface area contributed by atoms with E-state index in [9.17, 15) is 9.59 Å². The van der Waals surface area contributed by atoms with Gasteiger partial charge in [0.2, 0.25) is 5.91 Å². The zero-order valence-electron chi connectivity index (χ0n) is 18.0. The van der Waals surface area contributed by atoms with Crippen molar-refractivity contribution in [2.45, 2.75) is 57.7 Å². The minimum Gasteiger partial charge on any atom is -0.482 e. The standard InChI is InChI=1S/C24H27Cl3N2O3/c1-16(24(31)28-18-7-3-2-4-8-18)29(14-17-11-12-19(25)21(27)13-17)23(30)15-32-22-10-6-5-9-20(22)26/h5-6,9-13,16,18H,2-4,7-8,14-15H2,1H3,(H,28,31). The quantitative estimate of drug-likeness (QED) is 0.494. The monoisotopic (exact) mass is 496 g/mol. The maximum absolute atomic E-state index is 13.1. The van der Waals surface area contributed by atoms with Gasteiger partial charge >= 0.3 is 0 Å². The molecule has 1 atom stereocenters. The van der Waals surface area contributed by atoms with Gasteiger partial charge in [0, 0.05) is 12.6 Å². The summed E-state index contributed by atoms with van der Waals surface area (Å²) in [4.78, 5) is 27.6. The van der Waals surface area contributed by atoms with Crippen molar-refractivity contribution in [2.24, 2.45) is 0 Å². The van der Waals surface area contributed by atoms with Crippen LogP contribution in [0.2, 0.25) is 15.1 Å². The van der Waals surface area contributed by atoms with Crippen LogP contribution in [-0.2, 0) is 16.1 Å². The van der Waals surface area contributed by atoms with Crippen LogP contribution in [0.5, 0.6) is 5.75 Å². The first-order valence-corrected chi connectivity index (χ1v) is 11.9. The second-order valence-electron chi connectivity index (χ2n) is 8.01. The van der Waals surface area contributed by atoms with Gasteiger partial charge in [-0.3, -0.25) is 9.59 Å². The van der Waals surface area contributed by atoms with Crippen molar-refractivity contribution in [2.75, 3.05) is 6.61 Å². The van der Waals surface area contributed by atoms with Gasteiger partial charge in [0.05, 0.1) is 15.1 Å². The van der Waals surface area contributed by atoms with Crippen LogP contribution in [0, 0.1) is 0 Å². The maximum Gasteiger partial charge on any atom is 0.261 e. The molecule has 0 aliphatic heterocycles. The molecular weight excluding hydrogens is 471 g/mol. The predicted molar refractivity (Wildman–Crippen MR) is 128 cm³/mol. The molecule has 2 amide bonds. The fraction of sp³-hybridized carbons (Fsp3) is 0.417. The van der Waals surface area contributed by atoms with E-state index in [2.05, 4.69) is 5.32 Å². The lowest BCUT2D eigenvalue weighted by atomic mass is 9.95. The van der Waals surface area contributed by atoms with Gasteiger partial charge < -0.3 is 15.0 Å². The van der Waals surface area contributed by atoms with E-state index in [-0.39, 0.29) is 31.0 Å². The zero-order valence-corrected chi connectivity index (χ0v) is 20.2. The Kier molecular flexibility index (Phi) is 9.09. The third kappa shape index (κ3) is 6.77. The smallest absolute Gasteiger partial charge is 0.261 e. The number of nitrogens with zero attached hydrogens (tertiary/aromatic N) is 1. The van der Waals surface area contributed by atoms with Crippen molar-refractivity contribution in [1.29, 1.82) is 0 Å². The van der Waals surface area contributed by atoms with Crippen LogP contribution in [0.15, 0.2) is 42.5 Å². The number of carbonyl (C=O) groups is 2. The molecule has 3 rings (SSSR count). The lowest BCUT2D eigenvalue weighted by Crippen LogP contribution is -2.51. The number of nitrogens with one attached hydrogen (secondary N) is 1. The highest BCUT2D eigenvalue weighted by Gasteiger charge is 2.28. The van der Waals surface area contributed by atoms with E-state index < -0.39 is 6.04 Å². The average Bonchev–Trinajstić information content (AvgIpc) is 2.79. The second kappa shape index (κ2) is 11.8. The summed E-state index contributed by atoms with van der Waals surface area (Å²) in [6.07, 6.45) is 5.35. The number of hydrogen-bond donors (Lipinski definition) is 1. The van der Waals surface area contributed by atoms with Crippen LogP contribution in [0.25, 0.3) is 0 Å². The molecule has 1 N–H and O–H groups in total. The van der Waals surface area contributed by atoms with Crippen LogP contribution in [0.1, 0.15) is 44.6 Å². The van der Waals surface area contributed by atoms with E-state index in [0.717, 1.165) is 31.2 Å². The fourth-order valence-electron chi connectivity index (χ4n) is 3.77. The first kappa shape index (κ1) is 24.7. The van der Waals surface area contributed by atoms with Crippen molar-refractivity contribution in [3.05, 3.63) is 63.1 Å². The Morgan fingerprint density at radius 3 is 2.44 bits per heavy atom. The first-order valence-electron chi connectivity index (χ1n) is 10.8. The number of para-hydroxylation sites is 1. The summed E-state index contributed by atoms with van der Waals surface area (Å²) in [5.41, 5.74) is 0.766. The van der Waals surface area contributed by atoms with Crippen LogP contribution in [-0.4, -0.2) is 35.4 Å². The molecule has 1 fully saturated rings. The zero-order chi connectivity index (χ0) is 23.1. The normalized spacial score (nSPS) is 15.1. The van der Waals surface area contributed by atoms with Crippen LogP contribution >= 0.6 is 34.8 Å². The summed E-state index contributed by atoms with van der Waals surface area (Å²) in [5, 5.41) is 4.34. The first-order chi connectivity index (χ1) is 15.3. The minimum absolute atomic E-state index is 0.153. The van der Waals surface area contributed by atoms with Crippen molar-refractivity contribution in [3.63, 3.8) is 0 Å². The number of hydrogen-bond acceptors (Lipinski definition) is 3. The molecule has 1 saturated carbocycles. The van der Waals surface area contributed by atoms with E-state index in [0.29, 0.717) is 20.8 Å². The van der Waals surface area contributed by atoms with Gasteiger partial charge in [0.1, 0.15) is 11.8 Å². The van der Waals surface area contributed by atoms with Gasteiger partial charge in [-0.1, -0.05) is 72.3 Å². The van der Waals surface area contributed by atoms with Gasteiger partial charge in [0.25, 0.3) is 5.91 Å². The summed E-state index contributed by atoms with van der Waals surface area (Å²) in [6, 6.07) is 11.6. The molecule has 0 aromatic heterocycles. The topological polar surface area (TPSA) is 58.6 Å². The highest BCUT2D eigenvalue weighted by Crippen LogP contribution is 2.25. The van der Waals surface area contributed by atoms with Crippen LogP contribution in [0.3, 0.4) is 0 Å². The molecule has 0 saturated heterocycles. The van der Waals surface area contributed by atoms with Crippen LogP contribution in [0.4, 0.5) is 0 Å². The molecule has 0 bridgehead atoms. The molecular formula is C24H27Cl3N2O3. The molecule has 1 aliphatic carbocycles. The Morgan fingerprint density at radius 2 is 1.75 bits per heavy atom. The number of halogens is 3. The number of rotatable bonds is 8. The minimum atomic E-state index is -0.686. The molecule has 32 heavy (non-hydrogen) atoms. The highest BCUT2D eigenvalue weighted by molar-refractivity contribution is 6.42. The van der Waals surface area contributed by atoms with Crippen molar-refractivity contribution in [1.82, 2.24) is 10.2 Å². The number of amides is 2. The van der Waals surface area contributed by atoms with Crippen molar-refractivity contribution in [3.8, 4) is 5.75 Å². The SMILES string of the molecule is CC(C(=O)NC1CCCCC1)N(Cc1ccc(Cl)c(Cl)c1)C(=O)COc1ccccc1Cl. The Hall–Kier alpha value is -1.95. The summed E-state index contributed by atoms with van der Waals surface area (Å²) in [6.45, 7) is 1.68. The Morgan fingerprint density at radius 1 is 1.03 bits per heavy atom. The Bertz CT molecular complexity index is 948. The molecule has 2 aromatic rings. The van der Waals surface area contributed by atoms with Gasteiger partial charge in [0.15, 0.2) is 6.61 Å². The summed E-state index contributed by atoms with van der Waals surface area (Å²) >= 11 is 18.3. The van der Waals surface area contributed by atoms with Gasteiger partial charge in [-0.15, -0.1) is 0 Å².